The van der Waals surface area contributed by atoms with Crippen molar-refractivity contribution in [3.8, 4) is 5.75 Å². The number of aromatic hydroxyl groups is 1. The van der Waals surface area contributed by atoms with Crippen molar-refractivity contribution in [3.63, 3.8) is 0 Å². The van der Waals surface area contributed by atoms with Gasteiger partial charge in [0.1, 0.15) is 11.6 Å². The predicted molar refractivity (Wildman–Crippen MR) is 66.3 cm³/mol. The highest BCUT2D eigenvalue weighted by molar-refractivity contribution is 5.87. The standard InChI is InChI=1S/C12H11FO.C2H6/c1-2-8-6-10(14)7-9-4-3-5-11(13)12(8)9;1-2/h3-7,14H,2H2,1H3;1-2H3. The molecule has 0 amide bonds. The Morgan fingerprint density at radius 3 is 2.50 bits per heavy atom. The number of halogens is 1. The topological polar surface area (TPSA) is 20.2 Å². The number of fused-ring (bicyclic) bond motifs is 1. The second-order valence-electron chi connectivity index (χ2n) is 3.30. The summed E-state index contributed by atoms with van der Waals surface area (Å²) in [6.45, 7) is 5.95. The molecule has 0 aliphatic heterocycles. The van der Waals surface area contributed by atoms with Crippen LogP contribution in [0.2, 0.25) is 0 Å². The molecule has 0 aliphatic rings. The lowest BCUT2D eigenvalue weighted by Crippen LogP contribution is -1.87. The van der Waals surface area contributed by atoms with Crippen molar-refractivity contribution in [1.29, 1.82) is 0 Å². The highest BCUT2D eigenvalue weighted by Gasteiger charge is 2.06. The third-order valence-corrected chi connectivity index (χ3v) is 2.37. The van der Waals surface area contributed by atoms with Gasteiger partial charge in [0.25, 0.3) is 0 Å². The molecule has 2 heteroatoms. The second kappa shape index (κ2) is 5.50. The molecule has 0 radical (unpaired) electrons. The van der Waals surface area contributed by atoms with Crippen molar-refractivity contribution in [1.82, 2.24) is 0 Å². The van der Waals surface area contributed by atoms with E-state index in [9.17, 15) is 9.50 Å². The van der Waals surface area contributed by atoms with E-state index in [1.54, 1.807) is 24.3 Å². The van der Waals surface area contributed by atoms with Gasteiger partial charge in [-0.15, -0.1) is 0 Å². The number of hydrogen-bond acceptors (Lipinski definition) is 1. The first kappa shape index (κ1) is 12.5. The average molecular weight is 220 g/mol. The molecule has 2 rings (SSSR count). The quantitative estimate of drug-likeness (QED) is 0.760. The molecule has 0 fully saturated rings. The van der Waals surface area contributed by atoms with Gasteiger partial charge in [-0.25, -0.2) is 4.39 Å². The molecule has 86 valence electrons. The van der Waals surface area contributed by atoms with E-state index in [0.717, 1.165) is 10.9 Å². The lowest BCUT2D eigenvalue weighted by atomic mass is 10.0. The summed E-state index contributed by atoms with van der Waals surface area (Å²) in [6.07, 6.45) is 0.714. The maximum atomic E-state index is 13.5. The summed E-state index contributed by atoms with van der Waals surface area (Å²) in [6, 6.07) is 8.09. The summed E-state index contributed by atoms with van der Waals surface area (Å²) < 4.78 is 13.5. The molecule has 0 saturated carbocycles. The van der Waals surface area contributed by atoms with Gasteiger partial charge >= 0.3 is 0 Å². The Kier molecular flexibility index (Phi) is 4.29. The molecular weight excluding hydrogens is 203 g/mol. The molecule has 1 N–H and O–H groups in total. The Bertz CT molecular complexity index is 477. The fourth-order valence-corrected chi connectivity index (χ4v) is 1.73. The van der Waals surface area contributed by atoms with E-state index in [4.69, 9.17) is 0 Å². The fourth-order valence-electron chi connectivity index (χ4n) is 1.73. The van der Waals surface area contributed by atoms with E-state index in [-0.39, 0.29) is 11.6 Å². The van der Waals surface area contributed by atoms with Crippen molar-refractivity contribution in [3.05, 3.63) is 41.7 Å². The van der Waals surface area contributed by atoms with Crippen LogP contribution in [0.4, 0.5) is 4.39 Å². The largest absolute Gasteiger partial charge is 0.508 e. The number of rotatable bonds is 1. The van der Waals surface area contributed by atoms with Crippen LogP contribution in [0, 0.1) is 5.82 Å². The van der Waals surface area contributed by atoms with Gasteiger partial charge in [0.15, 0.2) is 0 Å². The van der Waals surface area contributed by atoms with Crippen molar-refractivity contribution >= 4 is 10.8 Å². The Hall–Kier alpha value is -1.57. The van der Waals surface area contributed by atoms with Crippen LogP contribution in [0.5, 0.6) is 5.75 Å². The maximum absolute atomic E-state index is 13.5. The van der Waals surface area contributed by atoms with Crippen molar-refractivity contribution in [2.45, 2.75) is 27.2 Å². The van der Waals surface area contributed by atoms with Crippen LogP contribution in [0.15, 0.2) is 30.3 Å². The number of hydrogen-bond donors (Lipinski definition) is 1. The first-order valence-corrected chi connectivity index (χ1v) is 5.62. The number of aryl methyl sites for hydroxylation is 1. The van der Waals surface area contributed by atoms with E-state index in [2.05, 4.69) is 0 Å². The molecule has 0 aliphatic carbocycles. The van der Waals surface area contributed by atoms with E-state index in [0.29, 0.717) is 11.8 Å². The SMILES string of the molecule is CC.CCc1cc(O)cc2cccc(F)c12. The minimum atomic E-state index is -0.223. The fraction of sp³-hybridized carbons (Fsp3) is 0.286. The zero-order chi connectivity index (χ0) is 12.1. The Balaban J connectivity index is 0.000000606. The summed E-state index contributed by atoms with van der Waals surface area (Å²) in [5, 5.41) is 10.8. The van der Waals surface area contributed by atoms with Crippen LogP contribution in [0.3, 0.4) is 0 Å². The summed E-state index contributed by atoms with van der Waals surface area (Å²) in [4.78, 5) is 0. The lowest BCUT2D eigenvalue weighted by molar-refractivity contribution is 0.475. The third kappa shape index (κ3) is 2.32. The summed E-state index contributed by atoms with van der Waals surface area (Å²) in [5.41, 5.74) is 0.845. The number of phenols is 1. The van der Waals surface area contributed by atoms with E-state index >= 15 is 0 Å². The van der Waals surface area contributed by atoms with Gasteiger partial charge in [-0.1, -0.05) is 32.9 Å². The monoisotopic (exact) mass is 220 g/mol. The number of phenolic OH excluding ortho intramolecular Hbond substituents is 1. The second-order valence-corrected chi connectivity index (χ2v) is 3.30. The summed E-state index contributed by atoms with van der Waals surface area (Å²) in [5.74, 6) is -0.0284. The van der Waals surface area contributed by atoms with Gasteiger partial charge in [-0.3, -0.25) is 0 Å². The minimum Gasteiger partial charge on any atom is -0.508 e. The molecule has 0 unspecified atom stereocenters. The van der Waals surface area contributed by atoms with Crippen LogP contribution >= 0.6 is 0 Å². The van der Waals surface area contributed by atoms with Crippen LogP contribution in [0.1, 0.15) is 26.3 Å². The molecular formula is C14H17FO. The molecule has 0 bridgehead atoms. The first-order valence-electron chi connectivity index (χ1n) is 5.62. The molecule has 16 heavy (non-hydrogen) atoms. The van der Waals surface area contributed by atoms with E-state index < -0.39 is 0 Å². The van der Waals surface area contributed by atoms with Gasteiger partial charge < -0.3 is 5.11 Å². The van der Waals surface area contributed by atoms with Crippen LogP contribution in [-0.2, 0) is 6.42 Å². The van der Waals surface area contributed by atoms with Crippen LogP contribution < -0.4 is 0 Å². The van der Waals surface area contributed by atoms with Gasteiger partial charge in [-0.05, 0) is 35.6 Å². The highest BCUT2D eigenvalue weighted by Crippen LogP contribution is 2.27. The number of benzene rings is 2. The molecule has 0 saturated heterocycles. The van der Waals surface area contributed by atoms with Crippen molar-refractivity contribution in [2.75, 3.05) is 0 Å². The molecule has 0 heterocycles. The lowest BCUT2D eigenvalue weighted by Gasteiger charge is -2.06. The Morgan fingerprint density at radius 2 is 1.88 bits per heavy atom. The van der Waals surface area contributed by atoms with Crippen LogP contribution in [0.25, 0.3) is 10.8 Å². The zero-order valence-corrected chi connectivity index (χ0v) is 9.92. The van der Waals surface area contributed by atoms with E-state index in [1.165, 1.54) is 6.07 Å². The van der Waals surface area contributed by atoms with Gasteiger partial charge in [0, 0.05) is 5.39 Å². The van der Waals surface area contributed by atoms with Gasteiger partial charge in [0.05, 0.1) is 0 Å². The minimum absolute atomic E-state index is 0.194. The Labute approximate surface area is 95.5 Å². The molecule has 0 spiro atoms. The maximum Gasteiger partial charge on any atom is 0.131 e. The molecule has 0 atom stereocenters. The van der Waals surface area contributed by atoms with Crippen molar-refractivity contribution < 1.29 is 9.50 Å². The molecule has 1 nitrogen and oxygen atoms in total. The predicted octanol–water partition coefficient (Wildman–Crippen LogP) is 4.27. The summed E-state index contributed by atoms with van der Waals surface area (Å²) >= 11 is 0. The summed E-state index contributed by atoms with van der Waals surface area (Å²) in [7, 11) is 0. The van der Waals surface area contributed by atoms with Gasteiger partial charge in [-0.2, -0.15) is 0 Å². The first-order chi connectivity index (χ1) is 7.72. The highest BCUT2D eigenvalue weighted by atomic mass is 19.1. The molecule has 2 aromatic carbocycles. The van der Waals surface area contributed by atoms with E-state index in [1.807, 2.05) is 20.8 Å². The molecule has 2 aromatic rings. The zero-order valence-electron chi connectivity index (χ0n) is 9.92. The van der Waals surface area contributed by atoms with Crippen LogP contribution in [-0.4, -0.2) is 5.11 Å². The smallest absolute Gasteiger partial charge is 0.131 e. The third-order valence-electron chi connectivity index (χ3n) is 2.37. The molecule has 0 aromatic heterocycles. The average Bonchev–Trinajstić information content (AvgIpc) is 2.30. The van der Waals surface area contributed by atoms with Gasteiger partial charge in [0.2, 0.25) is 0 Å². The van der Waals surface area contributed by atoms with Crippen molar-refractivity contribution in [2.24, 2.45) is 0 Å². The normalized spacial score (nSPS) is 9.75. The Morgan fingerprint density at radius 1 is 1.19 bits per heavy atom.